The van der Waals surface area contributed by atoms with Gasteiger partial charge in [0.1, 0.15) is 27.9 Å². The highest BCUT2D eigenvalue weighted by Crippen LogP contribution is 2.41. The van der Waals surface area contributed by atoms with Crippen molar-refractivity contribution in [2.75, 3.05) is 14.2 Å². The van der Waals surface area contributed by atoms with Crippen molar-refractivity contribution < 1.29 is 27.8 Å². The fourth-order valence-corrected chi connectivity index (χ4v) is 7.80. The number of carbonyl (C=O) groups excluding carboxylic acids is 2. The van der Waals surface area contributed by atoms with E-state index in [-0.39, 0.29) is 56.5 Å². The summed E-state index contributed by atoms with van der Waals surface area (Å²) >= 11 is 7.49. The zero-order valence-corrected chi connectivity index (χ0v) is 28.6. The van der Waals surface area contributed by atoms with Crippen LogP contribution in [0.4, 0.5) is 13.6 Å². The monoisotopic (exact) mass is 671 g/mol. The predicted molar refractivity (Wildman–Crippen MR) is 179 cm³/mol. The number of aliphatic imine (C=N–C) groups is 1. The zero-order valence-electron chi connectivity index (χ0n) is 27.0. The van der Waals surface area contributed by atoms with Gasteiger partial charge in [-0.05, 0) is 76.3 Å². The first-order valence-corrected chi connectivity index (χ1v) is 16.7. The van der Waals surface area contributed by atoms with Crippen LogP contribution in [0.2, 0.25) is 5.02 Å². The van der Waals surface area contributed by atoms with Gasteiger partial charge in [-0.2, -0.15) is 0 Å². The third kappa shape index (κ3) is 7.08. The maximum Gasteiger partial charge on any atom is 0.410 e. The molecular weight excluding hydrogens is 632 g/mol. The first-order chi connectivity index (χ1) is 21.8. The predicted octanol–water partition coefficient (Wildman–Crippen LogP) is 8.98. The molecule has 1 aliphatic carbocycles. The van der Waals surface area contributed by atoms with E-state index in [1.54, 1.807) is 30.2 Å². The van der Waals surface area contributed by atoms with Gasteiger partial charge in [-0.3, -0.25) is 9.79 Å². The van der Waals surface area contributed by atoms with Gasteiger partial charge in [0.15, 0.2) is 0 Å². The Morgan fingerprint density at radius 1 is 1.07 bits per heavy atom. The number of amides is 2. The highest BCUT2D eigenvalue weighted by Gasteiger charge is 2.36. The third-order valence-corrected chi connectivity index (χ3v) is 10.4. The van der Waals surface area contributed by atoms with Crippen LogP contribution in [0.5, 0.6) is 5.75 Å². The van der Waals surface area contributed by atoms with Crippen molar-refractivity contribution in [2.45, 2.75) is 83.5 Å². The highest BCUT2D eigenvalue weighted by atomic mass is 35.5. The van der Waals surface area contributed by atoms with Crippen LogP contribution in [0.15, 0.2) is 47.6 Å². The van der Waals surface area contributed by atoms with Crippen molar-refractivity contribution in [2.24, 2.45) is 10.9 Å². The molecule has 2 unspecified atom stereocenters. The van der Waals surface area contributed by atoms with Crippen molar-refractivity contribution >= 4 is 51.2 Å². The molecule has 1 aromatic heterocycles. The van der Waals surface area contributed by atoms with Gasteiger partial charge in [0.25, 0.3) is 5.91 Å². The lowest BCUT2D eigenvalue weighted by molar-refractivity contribution is 0.0144. The number of ether oxygens (including phenoxy) is 2. The van der Waals surface area contributed by atoms with Crippen LogP contribution in [0.25, 0.3) is 10.1 Å². The lowest BCUT2D eigenvalue weighted by Crippen LogP contribution is -2.47. The summed E-state index contributed by atoms with van der Waals surface area (Å²) in [5.74, 6) is -0.801. The average molecular weight is 672 g/mol. The van der Waals surface area contributed by atoms with E-state index < -0.39 is 23.1 Å². The minimum Gasteiger partial charge on any atom is -0.496 e. The van der Waals surface area contributed by atoms with Gasteiger partial charge in [0, 0.05) is 55.5 Å². The van der Waals surface area contributed by atoms with E-state index in [9.17, 15) is 18.4 Å². The zero-order chi connectivity index (χ0) is 33.3. The summed E-state index contributed by atoms with van der Waals surface area (Å²) in [6.45, 7) is 7.79. The lowest BCUT2D eigenvalue weighted by atomic mass is 9.85. The number of allylic oxidation sites excluding steroid dienone is 1. The first-order valence-electron chi connectivity index (χ1n) is 15.5. The van der Waals surface area contributed by atoms with E-state index >= 15 is 0 Å². The number of hydrogen-bond acceptors (Lipinski definition) is 6. The number of benzene rings is 2. The number of rotatable bonds is 7. The largest absolute Gasteiger partial charge is 0.496 e. The van der Waals surface area contributed by atoms with Gasteiger partial charge >= 0.3 is 6.09 Å². The second-order valence-electron chi connectivity index (χ2n) is 13.1. The summed E-state index contributed by atoms with van der Waals surface area (Å²) in [6, 6.07) is 7.76. The van der Waals surface area contributed by atoms with E-state index in [0.29, 0.717) is 31.4 Å². The molecule has 0 saturated heterocycles. The SMILES string of the molecule is COc1ccc(C2C=CN=CC2C)cc1CN(C(=O)c1sc2c(F)ccc(F)c2c1Cl)C1CCC(N(C)C(=O)OC(C)(C)C)CC1. The fourth-order valence-electron chi connectivity index (χ4n) is 6.30. The Kier molecular flexibility index (Phi) is 10.1. The molecule has 2 amide bonds. The molecule has 0 radical (unpaired) electrons. The molecule has 2 atom stereocenters. The van der Waals surface area contributed by atoms with Crippen LogP contribution in [0.1, 0.15) is 80.1 Å². The fraction of sp³-hybridized carbons (Fsp3) is 0.457. The van der Waals surface area contributed by atoms with Crippen molar-refractivity contribution in [1.82, 2.24) is 9.80 Å². The minimum atomic E-state index is -0.679. The normalized spacial score (nSPS) is 21.3. The molecule has 5 rings (SSSR count). The second-order valence-corrected chi connectivity index (χ2v) is 14.5. The number of hydrogen-bond donors (Lipinski definition) is 0. The Morgan fingerprint density at radius 2 is 1.74 bits per heavy atom. The summed E-state index contributed by atoms with van der Waals surface area (Å²) < 4.78 is 40.9. The molecule has 0 N–H and O–H groups in total. The quantitative estimate of drug-likeness (QED) is 0.251. The number of methoxy groups -OCH3 is 1. The summed E-state index contributed by atoms with van der Waals surface area (Å²) in [5, 5.41) is -0.177. The van der Waals surface area contributed by atoms with E-state index in [2.05, 4.69) is 24.1 Å². The molecule has 7 nitrogen and oxygen atoms in total. The maximum absolute atomic E-state index is 14.8. The molecule has 1 aliphatic heterocycles. The standard InChI is InChI=1S/C35H40ClF2N3O4S/c1-20-18-39-16-15-25(20)21-7-14-28(44-6)22(17-21)19-41(24-10-8-23(9-11-24)40(5)34(43)45-35(2,3)4)33(42)32-30(36)29-26(37)12-13-27(38)31(29)46-32/h7,12-18,20,23-25H,8-11,19H2,1-6H3. The van der Waals surface area contributed by atoms with Crippen LogP contribution >= 0.6 is 22.9 Å². The van der Waals surface area contributed by atoms with Gasteiger partial charge in [-0.25, -0.2) is 13.6 Å². The van der Waals surface area contributed by atoms with Crippen LogP contribution in [0.3, 0.4) is 0 Å². The Balaban J connectivity index is 1.48. The lowest BCUT2D eigenvalue weighted by Gasteiger charge is -2.40. The number of fused-ring (bicyclic) bond motifs is 1. The molecule has 2 heterocycles. The average Bonchev–Trinajstić information content (AvgIpc) is 3.38. The smallest absolute Gasteiger partial charge is 0.410 e. The van der Waals surface area contributed by atoms with Gasteiger partial charge in [-0.15, -0.1) is 11.3 Å². The Morgan fingerprint density at radius 3 is 2.37 bits per heavy atom. The Hall–Kier alpha value is -3.50. The summed E-state index contributed by atoms with van der Waals surface area (Å²) in [4.78, 5) is 34.9. The molecule has 2 aliphatic rings. The molecule has 0 bridgehead atoms. The van der Waals surface area contributed by atoms with Gasteiger partial charge in [-0.1, -0.05) is 30.7 Å². The van der Waals surface area contributed by atoms with E-state index in [1.807, 2.05) is 39.1 Å². The van der Waals surface area contributed by atoms with Gasteiger partial charge < -0.3 is 19.3 Å². The molecule has 0 spiro atoms. The maximum atomic E-state index is 14.8. The van der Waals surface area contributed by atoms with Crippen molar-refractivity contribution in [3.8, 4) is 5.75 Å². The first kappa shape index (κ1) is 33.9. The second kappa shape index (κ2) is 13.7. The molecule has 246 valence electrons. The van der Waals surface area contributed by atoms with Crippen molar-refractivity contribution in [3.63, 3.8) is 0 Å². The van der Waals surface area contributed by atoms with Crippen LogP contribution in [-0.2, 0) is 11.3 Å². The van der Waals surface area contributed by atoms with E-state index in [1.165, 1.54) is 0 Å². The topological polar surface area (TPSA) is 71.4 Å². The Labute approximate surface area is 277 Å². The Bertz CT molecular complexity index is 1680. The van der Waals surface area contributed by atoms with E-state index in [4.69, 9.17) is 21.1 Å². The molecule has 2 aromatic carbocycles. The van der Waals surface area contributed by atoms with Crippen molar-refractivity contribution in [3.05, 3.63) is 75.3 Å². The van der Waals surface area contributed by atoms with Gasteiger partial charge in [0.2, 0.25) is 0 Å². The van der Waals surface area contributed by atoms with E-state index in [0.717, 1.165) is 34.6 Å². The molecule has 3 aromatic rings. The molecule has 11 heteroatoms. The summed E-state index contributed by atoms with van der Waals surface area (Å²) in [6.07, 6.45) is 7.89. The number of nitrogens with zero attached hydrogens (tertiary/aromatic N) is 3. The number of halogens is 3. The van der Waals surface area contributed by atoms with Crippen LogP contribution < -0.4 is 4.74 Å². The van der Waals surface area contributed by atoms with Gasteiger partial charge in [0.05, 0.1) is 22.2 Å². The number of carbonyl (C=O) groups is 2. The molecule has 1 fully saturated rings. The molecule has 1 saturated carbocycles. The van der Waals surface area contributed by atoms with Crippen LogP contribution in [-0.4, -0.2) is 59.9 Å². The highest BCUT2D eigenvalue weighted by molar-refractivity contribution is 7.21. The van der Waals surface area contributed by atoms with Crippen LogP contribution in [0, 0.1) is 17.6 Å². The summed E-state index contributed by atoms with van der Waals surface area (Å²) in [5.41, 5.74) is 1.25. The number of thiophene rings is 1. The third-order valence-electron chi connectivity index (χ3n) is 8.77. The molecule has 46 heavy (non-hydrogen) atoms. The van der Waals surface area contributed by atoms with Crippen molar-refractivity contribution in [1.29, 1.82) is 0 Å². The minimum absolute atomic E-state index is 0.00955. The summed E-state index contributed by atoms with van der Waals surface area (Å²) in [7, 11) is 3.33. The molecular formula is C35H40ClF2N3O4S.